The van der Waals surface area contributed by atoms with Crippen LogP contribution in [-0.2, 0) is 4.74 Å². The van der Waals surface area contributed by atoms with E-state index < -0.39 is 0 Å². The van der Waals surface area contributed by atoms with Crippen molar-refractivity contribution < 1.29 is 4.74 Å². The van der Waals surface area contributed by atoms with Crippen molar-refractivity contribution in [2.45, 2.75) is 32.8 Å². The molecule has 2 rings (SSSR count). The molecule has 1 aromatic heterocycles. The Kier molecular flexibility index (Phi) is 4.16. The molecule has 0 atom stereocenters. The Bertz CT molecular complexity index is 445. The number of hydrogen-bond acceptors (Lipinski definition) is 4. The predicted octanol–water partition coefficient (Wildman–Crippen LogP) is 2.27. The quantitative estimate of drug-likeness (QED) is 0.819. The second-order valence-electron chi connectivity index (χ2n) is 4.58. The Morgan fingerprint density at radius 3 is 2.78 bits per heavy atom. The predicted molar refractivity (Wildman–Crippen MR) is 70.6 cm³/mol. The number of hydrogen-bond donors (Lipinski definition) is 0. The fraction of sp³-hybridized carbons (Fsp3) is 0.571. The summed E-state index contributed by atoms with van der Waals surface area (Å²) < 4.78 is 5.64. The summed E-state index contributed by atoms with van der Waals surface area (Å²) in [4.78, 5) is 6.70. The van der Waals surface area contributed by atoms with Crippen molar-refractivity contribution in [3.8, 4) is 6.07 Å². The van der Waals surface area contributed by atoms with Crippen LogP contribution in [0.4, 0.5) is 5.82 Å². The van der Waals surface area contributed by atoms with Crippen molar-refractivity contribution in [3.63, 3.8) is 0 Å². The number of rotatable bonds is 3. The van der Waals surface area contributed by atoms with Gasteiger partial charge in [-0.25, -0.2) is 4.98 Å². The van der Waals surface area contributed by atoms with Gasteiger partial charge in [0, 0.05) is 25.4 Å². The standard InChI is InChI=1S/C14H19N3O/c1-3-18-13-6-8-17(9-7-13)14-12(10-15)5-4-11(2)16-14/h4-5,13H,3,6-9H2,1-2H3. The number of pyridine rings is 1. The number of aryl methyl sites for hydroxylation is 1. The lowest BCUT2D eigenvalue weighted by Crippen LogP contribution is -2.38. The first-order valence-electron chi connectivity index (χ1n) is 6.49. The van der Waals surface area contributed by atoms with E-state index in [2.05, 4.69) is 16.0 Å². The summed E-state index contributed by atoms with van der Waals surface area (Å²) in [6, 6.07) is 5.96. The highest BCUT2D eigenvalue weighted by Gasteiger charge is 2.22. The lowest BCUT2D eigenvalue weighted by atomic mass is 10.1. The zero-order valence-electron chi connectivity index (χ0n) is 11.0. The van der Waals surface area contributed by atoms with Crippen LogP contribution in [0.2, 0.25) is 0 Å². The molecule has 0 aromatic carbocycles. The molecule has 2 heterocycles. The van der Waals surface area contributed by atoms with Crippen molar-refractivity contribution in [3.05, 3.63) is 23.4 Å². The van der Waals surface area contributed by atoms with Gasteiger partial charge >= 0.3 is 0 Å². The Morgan fingerprint density at radius 1 is 1.44 bits per heavy atom. The molecule has 0 radical (unpaired) electrons. The van der Waals surface area contributed by atoms with Gasteiger partial charge in [0.15, 0.2) is 0 Å². The molecule has 0 aliphatic carbocycles. The first-order chi connectivity index (χ1) is 8.74. The molecule has 4 heteroatoms. The van der Waals surface area contributed by atoms with Gasteiger partial charge in [0.25, 0.3) is 0 Å². The average molecular weight is 245 g/mol. The molecule has 0 saturated carbocycles. The highest BCUT2D eigenvalue weighted by molar-refractivity contribution is 5.54. The number of nitrogens with zero attached hydrogens (tertiary/aromatic N) is 3. The van der Waals surface area contributed by atoms with E-state index >= 15 is 0 Å². The lowest BCUT2D eigenvalue weighted by molar-refractivity contribution is 0.0458. The first kappa shape index (κ1) is 12.8. The van der Waals surface area contributed by atoms with Crippen LogP contribution in [0.3, 0.4) is 0 Å². The van der Waals surface area contributed by atoms with Gasteiger partial charge in [-0.3, -0.25) is 0 Å². The van der Waals surface area contributed by atoms with Gasteiger partial charge in [-0.2, -0.15) is 5.26 Å². The Labute approximate surface area is 108 Å². The van der Waals surface area contributed by atoms with Crippen LogP contribution in [0, 0.1) is 18.3 Å². The highest BCUT2D eigenvalue weighted by Crippen LogP contribution is 2.23. The summed E-state index contributed by atoms with van der Waals surface area (Å²) >= 11 is 0. The molecular weight excluding hydrogens is 226 g/mol. The monoisotopic (exact) mass is 245 g/mol. The normalized spacial score (nSPS) is 16.6. The van der Waals surface area contributed by atoms with Crippen molar-refractivity contribution in [2.75, 3.05) is 24.6 Å². The van der Waals surface area contributed by atoms with Crippen molar-refractivity contribution >= 4 is 5.82 Å². The summed E-state index contributed by atoms with van der Waals surface area (Å²) in [7, 11) is 0. The largest absolute Gasteiger partial charge is 0.378 e. The lowest BCUT2D eigenvalue weighted by Gasteiger charge is -2.33. The molecule has 1 saturated heterocycles. The van der Waals surface area contributed by atoms with Gasteiger partial charge in [-0.05, 0) is 38.8 Å². The van der Waals surface area contributed by atoms with Crippen molar-refractivity contribution in [1.29, 1.82) is 5.26 Å². The average Bonchev–Trinajstić information content (AvgIpc) is 2.40. The maximum absolute atomic E-state index is 9.13. The molecule has 0 bridgehead atoms. The molecule has 0 N–H and O–H groups in total. The molecule has 0 amide bonds. The van der Waals surface area contributed by atoms with E-state index in [0.717, 1.165) is 44.0 Å². The zero-order valence-corrected chi connectivity index (χ0v) is 11.0. The fourth-order valence-electron chi connectivity index (χ4n) is 2.34. The molecule has 1 aliphatic rings. The molecule has 1 aliphatic heterocycles. The third-order valence-electron chi connectivity index (χ3n) is 3.28. The number of nitriles is 1. The molecule has 96 valence electrons. The first-order valence-corrected chi connectivity index (χ1v) is 6.49. The van der Waals surface area contributed by atoms with Crippen LogP contribution in [0.15, 0.2) is 12.1 Å². The molecular formula is C14H19N3O. The molecule has 1 fully saturated rings. The molecule has 18 heavy (non-hydrogen) atoms. The second kappa shape index (κ2) is 5.83. The van der Waals surface area contributed by atoms with Gasteiger partial charge in [0.05, 0.1) is 11.7 Å². The SMILES string of the molecule is CCOC1CCN(c2nc(C)ccc2C#N)CC1. The van der Waals surface area contributed by atoms with Crippen molar-refractivity contribution in [1.82, 2.24) is 4.98 Å². The third kappa shape index (κ3) is 2.80. The molecule has 1 aromatic rings. The van der Waals surface area contributed by atoms with Gasteiger partial charge in [-0.1, -0.05) is 0 Å². The Balaban J connectivity index is 2.10. The van der Waals surface area contributed by atoms with Gasteiger partial charge in [0.1, 0.15) is 11.9 Å². The van der Waals surface area contributed by atoms with Crippen LogP contribution in [0.25, 0.3) is 0 Å². The minimum Gasteiger partial charge on any atom is -0.378 e. The van der Waals surface area contributed by atoms with Crippen LogP contribution < -0.4 is 4.90 Å². The van der Waals surface area contributed by atoms with Crippen molar-refractivity contribution in [2.24, 2.45) is 0 Å². The van der Waals surface area contributed by atoms with E-state index in [1.807, 2.05) is 26.0 Å². The fourth-order valence-corrected chi connectivity index (χ4v) is 2.34. The van der Waals surface area contributed by atoms with E-state index in [-0.39, 0.29) is 0 Å². The van der Waals surface area contributed by atoms with Gasteiger partial charge in [-0.15, -0.1) is 0 Å². The summed E-state index contributed by atoms with van der Waals surface area (Å²) in [6.07, 6.45) is 2.38. The third-order valence-corrected chi connectivity index (χ3v) is 3.28. The summed E-state index contributed by atoms with van der Waals surface area (Å²) in [6.45, 7) is 6.59. The van der Waals surface area contributed by atoms with E-state index in [9.17, 15) is 0 Å². The van der Waals surface area contributed by atoms with Crippen LogP contribution >= 0.6 is 0 Å². The Hall–Kier alpha value is -1.60. The van der Waals surface area contributed by atoms with Gasteiger partial charge in [0.2, 0.25) is 0 Å². The van der Waals surface area contributed by atoms with Crippen LogP contribution in [0.1, 0.15) is 31.0 Å². The molecule has 0 spiro atoms. The second-order valence-corrected chi connectivity index (χ2v) is 4.58. The van der Waals surface area contributed by atoms with E-state index in [0.29, 0.717) is 11.7 Å². The number of aromatic nitrogens is 1. The van der Waals surface area contributed by atoms with E-state index in [1.165, 1.54) is 0 Å². The van der Waals surface area contributed by atoms with Crippen LogP contribution in [-0.4, -0.2) is 30.8 Å². The maximum atomic E-state index is 9.13. The summed E-state index contributed by atoms with van der Waals surface area (Å²) in [5.74, 6) is 0.826. The maximum Gasteiger partial charge on any atom is 0.146 e. The smallest absolute Gasteiger partial charge is 0.146 e. The van der Waals surface area contributed by atoms with Gasteiger partial charge < -0.3 is 9.64 Å². The summed E-state index contributed by atoms with van der Waals surface area (Å²) in [5.41, 5.74) is 1.62. The number of ether oxygens (including phenoxy) is 1. The topological polar surface area (TPSA) is 49.1 Å². The zero-order chi connectivity index (χ0) is 13.0. The van der Waals surface area contributed by atoms with Crippen LogP contribution in [0.5, 0.6) is 0 Å². The highest BCUT2D eigenvalue weighted by atomic mass is 16.5. The molecule has 4 nitrogen and oxygen atoms in total. The minimum absolute atomic E-state index is 0.363. The molecule has 0 unspecified atom stereocenters. The Morgan fingerprint density at radius 2 is 2.17 bits per heavy atom. The minimum atomic E-state index is 0.363. The van der Waals surface area contributed by atoms with E-state index in [1.54, 1.807) is 0 Å². The van der Waals surface area contributed by atoms with E-state index in [4.69, 9.17) is 10.00 Å². The number of piperidine rings is 1. The number of anilines is 1. The summed E-state index contributed by atoms with van der Waals surface area (Å²) in [5, 5.41) is 9.13.